The van der Waals surface area contributed by atoms with E-state index in [1.165, 1.54) is 30.6 Å². The van der Waals surface area contributed by atoms with Gasteiger partial charge in [0, 0.05) is 31.2 Å². The van der Waals surface area contributed by atoms with E-state index in [9.17, 15) is 18.4 Å². The van der Waals surface area contributed by atoms with Crippen LogP contribution in [0.2, 0.25) is 0 Å². The maximum atomic E-state index is 12.5. The van der Waals surface area contributed by atoms with Crippen LogP contribution >= 0.6 is 11.3 Å². The fourth-order valence-corrected chi connectivity index (χ4v) is 3.70. The number of carbonyl (C=O) groups excluding carboxylic acids is 2. The number of methoxy groups -OCH3 is 1. The Morgan fingerprint density at radius 3 is 2.90 bits per heavy atom. The van der Waals surface area contributed by atoms with Gasteiger partial charge in [0.25, 0.3) is 0 Å². The zero-order chi connectivity index (χ0) is 21.5. The number of carbonyl (C=O) groups is 2. The molecule has 1 saturated heterocycles. The predicted octanol–water partition coefficient (Wildman–Crippen LogP) is 3.31. The average Bonchev–Trinajstić information content (AvgIpc) is 3.25. The number of hydrogen-bond acceptors (Lipinski definition) is 6. The van der Waals surface area contributed by atoms with Crippen LogP contribution in [0.3, 0.4) is 0 Å². The van der Waals surface area contributed by atoms with E-state index in [1.807, 2.05) is 0 Å². The molecule has 162 valence electrons. The summed E-state index contributed by atoms with van der Waals surface area (Å²) in [6.07, 6.45) is 3.03. The molecule has 1 aromatic heterocycles. The van der Waals surface area contributed by atoms with Crippen LogP contribution in [0.15, 0.2) is 29.8 Å². The summed E-state index contributed by atoms with van der Waals surface area (Å²) < 4.78 is 34.3. The van der Waals surface area contributed by atoms with Crippen molar-refractivity contribution in [1.82, 2.24) is 15.2 Å². The molecule has 1 fully saturated rings. The number of hydrogen-bond donors (Lipinski definition) is 2. The molecule has 2 N–H and O–H groups in total. The first-order valence-corrected chi connectivity index (χ1v) is 10.2. The number of nitrogens with one attached hydrogen (secondary N) is 2. The second-order valence-corrected chi connectivity index (χ2v) is 7.53. The lowest BCUT2D eigenvalue weighted by molar-refractivity contribution is -0.121. The van der Waals surface area contributed by atoms with E-state index >= 15 is 0 Å². The van der Waals surface area contributed by atoms with Gasteiger partial charge in [-0.1, -0.05) is 6.07 Å². The van der Waals surface area contributed by atoms with Crippen molar-refractivity contribution in [2.45, 2.75) is 26.0 Å². The van der Waals surface area contributed by atoms with E-state index in [2.05, 4.69) is 20.4 Å². The molecule has 0 saturated carbocycles. The summed E-state index contributed by atoms with van der Waals surface area (Å²) in [6, 6.07) is 4.17. The number of aromatic nitrogens is 1. The second-order valence-electron chi connectivity index (χ2n) is 6.63. The largest absolute Gasteiger partial charge is 0.493 e. The van der Waals surface area contributed by atoms with Gasteiger partial charge in [0.05, 0.1) is 13.0 Å². The Morgan fingerprint density at radius 1 is 1.37 bits per heavy atom. The number of alkyl halides is 2. The van der Waals surface area contributed by atoms with Crippen LogP contribution in [0.4, 0.5) is 18.7 Å². The molecular weight excluding hydrogens is 418 g/mol. The first-order valence-electron chi connectivity index (χ1n) is 9.31. The third-order valence-corrected chi connectivity index (χ3v) is 5.32. The normalized spacial score (nSPS) is 16.3. The number of rotatable bonds is 7. The van der Waals surface area contributed by atoms with Gasteiger partial charge in [-0.05, 0) is 30.5 Å². The van der Waals surface area contributed by atoms with Crippen molar-refractivity contribution in [3.63, 3.8) is 0 Å². The maximum Gasteiger partial charge on any atom is 0.387 e. The van der Waals surface area contributed by atoms with Gasteiger partial charge in [-0.3, -0.25) is 4.79 Å². The monoisotopic (exact) mass is 440 g/mol. The SMILES string of the molecule is COc1cc(CNC(=O)N2CCCC(C(=O)Nc3nccs3)C2)ccc1OC(F)F. The highest BCUT2D eigenvalue weighted by molar-refractivity contribution is 7.13. The van der Waals surface area contributed by atoms with Crippen LogP contribution in [0.5, 0.6) is 11.5 Å². The van der Waals surface area contributed by atoms with Crippen molar-refractivity contribution in [3.8, 4) is 11.5 Å². The fraction of sp³-hybridized carbons (Fsp3) is 0.421. The number of halogens is 2. The van der Waals surface area contributed by atoms with Gasteiger partial charge in [0.15, 0.2) is 16.6 Å². The van der Waals surface area contributed by atoms with Crippen molar-refractivity contribution in [3.05, 3.63) is 35.3 Å². The zero-order valence-electron chi connectivity index (χ0n) is 16.3. The Kier molecular flexibility index (Phi) is 7.39. The minimum atomic E-state index is -2.95. The number of ether oxygens (including phenoxy) is 2. The molecule has 3 rings (SSSR count). The lowest BCUT2D eigenvalue weighted by Crippen LogP contribution is -2.47. The lowest BCUT2D eigenvalue weighted by Gasteiger charge is -2.32. The van der Waals surface area contributed by atoms with E-state index in [-0.39, 0.29) is 35.9 Å². The molecule has 30 heavy (non-hydrogen) atoms. The van der Waals surface area contributed by atoms with Crippen LogP contribution in [-0.4, -0.2) is 48.6 Å². The Labute approximate surface area is 176 Å². The summed E-state index contributed by atoms with van der Waals surface area (Å²) in [5, 5.41) is 7.87. The molecule has 0 radical (unpaired) electrons. The molecule has 1 aliphatic rings. The quantitative estimate of drug-likeness (QED) is 0.689. The number of urea groups is 1. The number of amides is 3. The summed E-state index contributed by atoms with van der Waals surface area (Å²) in [4.78, 5) is 30.6. The first-order chi connectivity index (χ1) is 14.5. The molecule has 1 atom stereocenters. The molecule has 0 aliphatic carbocycles. The first kappa shape index (κ1) is 21.8. The minimum absolute atomic E-state index is 0.0762. The van der Waals surface area contributed by atoms with E-state index in [1.54, 1.807) is 22.5 Å². The Balaban J connectivity index is 1.53. The molecule has 8 nitrogen and oxygen atoms in total. The lowest BCUT2D eigenvalue weighted by atomic mass is 9.97. The summed E-state index contributed by atoms with van der Waals surface area (Å²) in [5.74, 6) is -0.382. The fourth-order valence-electron chi connectivity index (χ4n) is 3.17. The van der Waals surface area contributed by atoms with Crippen LogP contribution < -0.4 is 20.1 Å². The van der Waals surface area contributed by atoms with Gasteiger partial charge in [-0.15, -0.1) is 11.3 Å². The van der Waals surface area contributed by atoms with Crippen molar-refractivity contribution in [1.29, 1.82) is 0 Å². The highest BCUT2D eigenvalue weighted by Gasteiger charge is 2.28. The highest BCUT2D eigenvalue weighted by Crippen LogP contribution is 2.29. The molecule has 1 unspecified atom stereocenters. The van der Waals surface area contributed by atoms with E-state index < -0.39 is 6.61 Å². The van der Waals surface area contributed by atoms with Gasteiger partial charge in [-0.2, -0.15) is 8.78 Å². The second kappa shape index (κ2) is 10.2. The molecule has 1 aromatic carbocycles. The summed E-state index contributed by atoms with van der Waals surface area (Å²) in [5.41, 5.74) is 0.664. The molecule has 0 bridgehead atoms. The van der Waals surface area contributed by atoms with E-state index in [0.717, 1.165) is 6.42 Å². The molecule has 11 heteroatoms. The molecule has 0 spiro atoms. The number of anilines is 1. The zero-order valence-corrected chi connectivity index (χ0v) is 17.1. The third-order valence-electron chi connectivity index (χ3n) is 4.63. The molecule has 2 aromatic rings. The van der Waals surface area contributed by atoms with Crippen molar-refractivity contribution in [2.24, 2.45) is 5.92 Å². The summed E-state index contributed by atoms with van der Waals surface area (Å²) >= 11 is 1.34. The smallest absolute Gasteiger partial charge is 0.387 e. The van der Waals surface area contributed by atoms with Gasteiger partial charge < -0.3 is 25.0 Å². The molecule has 2 heterocycles. The van der Waals surface area contributed by atoms with Crippen LogP contribution in [0.25, 0.3) is 0 Å². The Bertz CT molecular complexity index is 866. The number of benzene rings is 1. The predicted molar refractivity (Wildman–Crippen MR) is 107 cm³/mol. The van der Waals surface area contributed by atoms with Gasteiger partial charge in [0.1, 0.15) is 0 Å². The van der Waals surface area contributed by atoms with Crippen molar-refractivity contribution in [2.75, 3.05) is 25.5 Å². The van der Waals surface area contributed by atoms with Crippen LogP contribution in [0, 0.1) is 5.92 Å². The number of piperidine rings is 1. The van der Waals surface area contributed by atoms with Gasteiger partial charge in [-0.25, -0.2) is 9.78 Å². The van der Waals surface area contributed by atoms with Crippen molar-refractivity contribution >= 4 is 28.4 Å². The van der Waals surface area contributed by atoms with E-state index in [0.29, 0.717) is 30.2 Å². The number of thiazole rings is 1. The van der Waals surface area contributed by atoms with Crippen molar-refractivity contribution < 1.29 is 27.8 Å². The highest BCUT2D eigenvalue weighted by atomic mass is 32.1. The molecule has 1 aliphatic heterocycles. The summed E-state index contributed by atoms with van der Waals surface area (Å²) in [7, 11) is 1.35. The topological polar surface area (TPSA) is 92.8 Å². The maximum absolute atomic E-state index is 12.5. The van der Waals surface area contributed by atoms with Crippen LogP contribution in [0.1, 0.15) is 18.4 Å². The van der Waals surface area contributed by atoms with Crippen LogP contribution in [-0.2, 0) is 11.3 Å². The minimum Gasteiger partial charge on any atom is -0.493 e. The van der Waals surface area contributed by atoms with E-state index in [4.69, 9.17) is 4.74 Å². The number of nitrogens with zero attached hydrogens (tertiary/aromatic N) is 2. The Hall–Kier alpha value is -2.95. The standard InChI is InChI=1S/C19H22F2N4O4S/c1-28-15-9-12(4-5-14(15)29-17(20)21)10-23-19(27)25-7-2-3-13(11-25)16(26)24-18-22-6-8-30-18/h4-6,8-9,13,17H,2-3,7,10-11H2,1H3,(H,23,27)(H,22,24,26). The van der Waals surface area contributed by atoms with Gasteiger partial charge in [0.2, 0.25) is 5.91 Å². The Morgan fingerprint density at radius 2 is 2.20 bits per heavy atom. The third kappa shape index (κ3) is 5.78. The molecule has 3 amide bonds. The molecular formula is C19H22F2N4O4S. The summed E-state index contributed by atoms with van der Waals surface area (Å²) in [6.45, 7) is -1.91. The van der Waals surface area contributed by atoms with Gasteiger partial charge >= 0.3 is 12.6 Å². The number of likely N-dealkylation sites (tertiary alicyclic amines) is 1. The average molecular weight is 440 g/mol.